The van der Waals surface area contributed by atoms with Crippen molar-refractivity contribution in [1.82, 2.24) is 0 Å². The van der Waals surface area contributed by atoms with Gasteiger partial charge in [0.15, 0.2) is 18.9 Å². The van der Waals surface area contributed by atoms with Gasteiger partial charge in [-0.2, -0.15) is 0 Å². The van der Waals surface area contributed by atoms with Crippen molar-refractivity contribution in [3.05, 3.63) is 226 Å². The molecule has 3 fully saturated rings. The highest BCUT2D eigenvalue weighted by atomic mass is 16.8. The van der Waals surface area contributed by atoms with Crippen LogP contribution in [0.15, 0.2) is 187 Å². The second kappa shape index (κ2) is 31.5. The van der Waals surface area contributed by atoms with Crippen LogP contribution in [0.2, 0.25) is 0 Å². The van der Waals surface area contributed by atoms with Crippen LogP contribution < -0.4 is 0 Å². The molecule has 0 spiro atoms. The Kier molecular flexibility index (Phi) is 23.2. The molecule has 81 heavy (non-hydrogen) atoms. The second-order valence-electron chi connectivity index (χ2n) is 20.6. The van der Waals surface area contributed by atoms with Crippen LogP contribution in [-0.2, 0) is 96.5 Å². The first-order valence-electron chi connectivity index (χ1n) is 27.9. The first-order valence-corrected chi connectivity index (χ1v) is 27.9. The Hall–Kier alpha value is -5.93. The lowest BCUT2D eigenvalue weighted by molar-refractivity contribution is -0.379. The van der Waals surface area contributed by atoms with Crippen molar-refractivity contribution < 1.29 is 67.1 Å². The van der Waals surface area contributed by atoms with Gasteiger partial charge in [0, 0.05) is 23.3 Å². The van der Waals surface area contributed by atoms with Crippen molar-refractivity contribution in [3.8, 4) is 0 Å². The molecule has 15 atom stereocenters. The van der Waals surface area contributed by atoms with E-state index in [9.17, 15) is 10.2 Å². The van der Waals surface area contributed by atoms with Gasteiger partial charge in [-0.25, -0.2) is 0 Å². The Morgan fingerprint density at radius 1 is 0.395 bits per heavy atom. The van der Waals surface area contributed by atoms with Gasteiger partial charge in [-0.1, -0.05) is 201 Å². The summed E-state index contributed by atoms with van der Waals surface area (Å²) in [7, 11) is 0. The monoisotopic (exact) mass is 1110 g/mol. The van der Waals surface area contributed by atoms with Crippen molar-refractivity contribution in [2.24, 2.45) is 17.0 Å². The van der Waals surface area contributed by atoms with Gasteiger partial charge in [-0.15, -0.1) is 0 Å². The summed E-state index contributed by atoms with van der Waals surface area (Å²) in [6.45, 7) is 5.69. The molecule has 0 bridgehead atoms. The maximum absolute atomic E-state index is 12.0. The summed E-state index contributed by atoms with van der Waals surface area (Å²) >= 11 is 0. The average Bonchev–Trinajstić information content (AvgIpc) is 3.68. The van der Waals surface area contributed by atoms with E-state index in [0.29, 0.717) is 6.61 Å². The van der Waals surface area contributed by atoms with Gasteiger partial charge in [0.1, 0.15) is 48.8 Å². The molecule has 3 aliphatic heterocycles. The smallest absolute Gasteiger partial charge is 0.187 e. The minimum atomic E-state index is -1.44. The molecule has 0 aliphatic carbocycles. The van der Waals surface area contributed by atoms with Crippen LogP contribution in [0.1, 0.15) is 47.2 Å². The fourth-order valence-corrected chi connectivity index (χ4v) is 10.4. The SMILES string of the molecule is CC1C(OCc2ccccc2)[C@H](OCCN=[N+]=[N-])O[C@@H](COCc2ccccc2)[C@H]1O[C@@H]1OC(COCc2ccccc2)[C@H](O[C@H]2OC(COCc3ccccc3)[C@H](O)[C@H](O)C2OCc2ccccc2)[C@H](C)C1OCc1ccccc1. The van der Waals surface area contributed by atoms with Crippen molar-refractivity contribution in [3.63, 3.8) is 0 Å². The van der Waals surface area contributed by atoms with E-state index in [0.717, 1.165) is 33.4 Å². The number of azide groups is 1. The number of nitrogens with zero attached hydrogens (tertiary/aromatic N) is 3. The molecule has 6 aromatic rings. The molecule has 9 rings (SSSR count). The Labute approximate surface area is 474 Å². The van der Waals surface area contributed by atoms with Crippen LogP contribution in [-0.4, -0.2) is 123 Å². The maximum Gasteiger partial charge on any atom is 0.187 e. The van der Waals surface area contributed by atoms with Crippen LogP contribution in [0.4, 0.5) is 0 Å². The topological polar surface area (TPSA) is 200 Å². The first kappa shape index (κ1) is 59.7. The van der Waals surface area contributed by atoms with Gasteiger partial charge in [0.2, 0.25) is 0 Å². The van der Waals surface area contributed by atoms with E-state index in [-0.39, 0.29) is 66.0 Å². The molecule has 3 aliphatic rings. The lowest BCUT2D eigenvalue weighted by atomic mass is 9.88. The number of ether oxygens (including phenoxy) is 12. The van der Waals surface area contributed by atoms with E-state index in [2.05, 4.69) is 10.0 Å². The molecule has 0 saturated carbocycles. The zero-order valence-electron chi connectivity index (χ0n) is 45.9. The van der Waals surface area contributed by atoms with Crippen molar-refractivity contribution >= 4 is 0 Å². The van der Waals surface area contributed by atoms with E-state index in [1.54, 1.807) is 0 Å². The molecular weight excluding hydrogens is 1030 g/mol. The quantitative estimate of drug-likeness (QED) is 0.0195. The van der Waals surface area contributed by atoms with Gasteiger partial charge in [-0.05, 0) is 38.9 Å². The second-order valence-corrected chi connectivity index (χ2v) is 20.6. The van der Waals surface area contributed by atoms with E-state index >= 15 is 0 Å². The van der Waals surface area contributed by atoms with Crippen molar-refractivity contribution in [1.29, 1.82) is 0 Å². The number of aliphatic hydroxyl groups is 2. The fourth-order valence-electron chi connectivity index (χ4n) is 10.4. The third-order valence-corrected chi connectivity index (χ3v) is 14.8. The average molecular weight is 1110 g/mol. The summed E-state index contributed by atoms with van der Waals surface area (Å²) in [5.74, 6) is -0.942. The Morgan fingerprint density at radius 2 is 0.716 bits per heavy atom. The molecule has 3 heterocycles. The van der Waals surface area contributed by atoms with Crippen LogP contribution >= 0.6 is 0 Å². The lowest BCUT2D eigenvalue weighted by Gasteiger charge is -2.51. The van der Waals surface area contributed by atoms with E-state index in [4.69, 9.17) is 62.4 Å². The van der Waals surface area contributed by atoms with E-state index < -0.39 is 91.7 Å². The standard InChI is InChI=1S/C64H75N3O14/c1-44-57(53(42-71-36-47-23-11-4-12-24-47)78-62(73-34-33-66-67-65)59(44)74-38-49-27-15-6-16-28-49)80-63-60(75-39-50-29-17-7-18-30-50)45(2)58(54(79-63)43-72-37-48-25-13-5-14-26-48)81-64-61(76-40-51-31-19-8-20-32-51)56(69)55(68)52(77-64)41-70-35-46-21-9-3-10-22-46/h3-32,44-45,52-64,68-69H,33-43H2,1-2H3/t44?,45-,52?,53-,54?,55-,56-,57-,58+,59?,60?,61?,62+,63-,64+/m0/s1. The zero-order valence-corrected chi connectivity index (χ0v) is 45.9. The van der Waals surface area contributed by atoms with Crippen LogP contribution in [0.5, 0.6) is 0 Å². The molecule has 0 radical (unpaired) electrons. The molecule has 0 amide bonds. The summed E-state index contributed by atoms with van der Waals surface area (Å²) in [5.41, 5.74) is 14.7. The van der Waals surface area contributed by atoms with Gasteiger partial charge in [-0.3, -0.25) is 0 Å². The molecule has 430 valence electrons. The number of aliphatic hydroxyl groups excluding tert-OH is 2. The summed E-state index contributed by atoms with van der Waals surface area (Å²) < 4.78 is 80.9. The Morgan fingerprint density at radius 3 is 1.11 bits per heavy atom. The Bertz CT molecular complexity index is 2730. The predicted molar refractivity (Wildman–Crippen MR) is 299 cm³/mol. The summed E-state index contributed by atoms with van der Waals surface area (Å²) in [6.07, 6.45) is -12.8. The number of benzene rings is 6. The van der Waals surface area contributed by atoms with E-state index in [1.165, 1.54) is 0 Å². The van der Waals surface area contributed by atoms with Crippen molar-refractivity contribution in [2.75, 3.05) is 33.0 Å². The summed E-state index contributed by atoms with van der Waals surface area (Å²) in [4.78, 5) is 2.92. The molecule has 17 heteroatoms. The largest absolute Gasteiger partial charge is 0.387 e. The third kappa shape index (κ3) is 17.3. The zero-order chi connectivity index (χ0) is 56.0. The highest BCUT2D eigenvalue weighted by Crippen LogP contribution is 2.40. The van der Waals surface area contributed by atoms with Gasteiger partial charge < -0.3 is 67.1 Å². The Balaban J connectivity index is 1.04. The minimum Gasteiger partial charge on any atom is -0.387 e. The summed E-state index contributed by atoms with van der Waals surface area (Å²) in [6, 6.07) is 58.7. The molecule has 0 aromatic heterocycles. The maximum atomic E-state index is 12.0. The van der Waals surface area contributed by atoms with Crippen LogP contribution in [0.3, 0.4) is 0 Å². The van der Waals surface area contributed by atoms with Gasteiger partial charge >= 0.3 is 0 Å². The molecule has 17 nitrogen and oxygen atoms in total. The molecule has 6 aromatic carbocycles. The highest BCUT2D eigenvalue weighted by Gasteiger charge is 2.54. The fraction of sp³-hybridized carbons (Fsp3) is 0.438. The molecular formula is C64H75N3O14. The van der Waals surface area contributed by atoms with Gasteiger partial charge in [0.05, 0.1) is 78.3 Å². The lowest BCUT2D eigenvalue weighted by Crippen LogP contribution is -2.65. The first-order chi connectivity index (χ1) is 39.8. The van der Waals surface area contributed by atoms with Crippen LogP contribution in [0, 0.1) is 11.8 Å². The molecule has 6 unspecified atom stereocenters. The third-order valence-electron chi connectivity index (χ3n) is 14.8. The highest BCUT2D eigenvalue weighted by molar-refractivity contribution is 5.18. The number of hydrogen-bond acceptors (Lipinski definition) is 15. The van der Waals surface area contributed by atoms with E-state index in [1.807, 2.05) is 196 Å². The minimum absolute atomic E-state index is 0.0382. The van der Waals surface area contributed by atoms with Crippen LogP contribution in [0.25, 0.3) is 10.4 Å². The van der Waals surface area contributed by atoms with Crippen molar-refractivity contribution in [2.45, 2.75) is 133 Å². The number of hydrogen-bond donors (Lipinski definition) is 2. The molecule has 2 N–H and O–H groups in total. The summed E-state index contributed by atoms with van der Waals surface area (Å²) in [5, 5.41) is 27.4. The normalized spacial score (nSPS) is 28.5. The van der Waals surface area contributed by atoms with Gasteiger partial charge in [0.25, 0.3) is 0 Å². The molecule has 3 saturated heterocycles. The number of rotatable bonds is 29. The predicted octanol–water partition coefficient (Wildman–Crippen LogP) is 9.66.